The molecule has 0 aliphatic carbocycles. The molecule has 1 atom stereocenters. The Morgan fingerprint density at radius 1 is 1.03 bits per heavy atom. The molecular weight excluding hydrogens is 368 g/mol. The lowest BCUT2D eigenvalue weighted by molar-refractivity contribution is -0.134. The number of amides is 1. The van der Waals surface area contributed by atoms with Crippen molar-refractivity contribution in [2.75, 3.05) is 19.6 Å². The lowest BCUT2D eigenvalue weighted by Gasteiger charge is -2.20. The van der Waals surface area contributed by atoms with E-state index < -0.39 is 5.97 Å². The topological polar surface area (TPSA) is 89.9 Å². The number of phenols is 1. The molecule has 0 bridgehead atoms. The van der Waals surface area contributed by atoms with E-state index in [1.165, 1.54) is 12.0 Å². The van der Waals surface area contributed by atoms with Crippen LogP contribution in [0.2, 0.25) is 0 Å². The lowest BCUT2D eigenvalue weighted by atomic mass is 10.0. The number of carboxylic acid groups (broad SMARTS) is 1. The van der Waals surface area contributed by atoms with Gasteiger partial charge in [0.1, 0.15) is 5.75 Å². The average molecular weight is 399 g/mol. The van der Waals surface area contributed by atoms with Crippen molar-refractivity contribution in [3.63, 3.8) is 0 Å². The average Bonchev–Trinajstić information content (AvgIpc) is 2.92. The first-order valence-electron chi connectivity index (χ1n) is 9.97. The van der Waals surface area contributed by atoms with Crippen molar-refractivity contribution in [1.82, 2.24) is 10.2 Å². The first-order valence-corrected chi connectivity index (χ1v) is 9.97. The van der Waals surface area contributed by atoms with Gasteiger partial charge >= 0.3 is 0 Å². The fourth-order valence-electron chi connectivity index (χ4n) is 3.38. The van der Waals surface area contributed by atoms with Gasteiger partial charge in [0.25, 0.3) is 11.9 Å². The molecule has 1 fully saturated rings. The highest BCUT2D eigenvalue weighted by atomic mass is 16.4. The molecule has 0 aromatic heterocycles. The number of rotatable bonds is 5. The third-order valence-electron chi connectivity index (χ3n) is 4.87. The predicted octanol–water partition coefficient (Wildman–Crippen LogP) is 3.52. The Kier molecular flexibility index (Phi) is 9.18. The summed E-state index contributed by atoms with van der Waals surface area (Å²) in [6.07, 6.45) is 3.44. The largest absolute Gasteiger partial charge is 0.508 e. The summed E-state index contributed by atoms with van der Waals surface area (Å²) in [6.45, 7) is 5.01. The quantitative estimate of drug-likeness (QED) is 0.717. The minimum absolute atomic E-state index is 0.0645. The van der Waals surface area contributed by atoms with Crippen LogP contribution in [0.1, 0.15) is 42.1 Å². The second-order valence-electron chi connectivity index (χ2n) is 7.33. The van der Waals surface area contributed by atoms with Crippen molar-refractivity contribution in [3.05, 3.63) is 65.7 Å². The number of aromatic hydroxyl groups is 1. The van der Waals surface area contributed by atoms with Gasteiger partial charge in [-0.25, -0.2) is 0 Å². The highest BCUT2D eigenvalue weighted by Gasteiger charge is 2.18. The van der Waals surface area contributed by atoms with E-state index in [0.29, 0.717) is 11.5 Å². The number of nitrogens with zero attached hydrogens (tertiary/aromatic N) is 1. The molecule has 0 saturated carbocycles. The Bertz CT molecular complexity index is 758. The highest BCUT2D eigenvalue weighted by Crippen LogP contribution is 2.19. The molecule has 3 rings (SSSR count). The predicted molar refractivity (Wildman–Crippen MR) is 113 cm³/mol. The van der Waals surface area contributed by atoms with Crippen molar-refractivity contribution >= 4 is 11.9 Å². The lowest BCUT2D eigenvalue weighted by Crippen LogP contribution is -2.30. The van der Waals surface area contributed by atoms with Gasteiger partial charge in [0.05, 0.1) is 0 Å². The van der Waals surface area contributed by atoms with Gasteiger partial charge in [0.2, 0.25) is 0 Å². The van der Waals surface area contributed by atoms with Crippen molar-refractivity contribution < 1.29 is 19.8 Å². The second kappa shape index (κ2) is 11.9. The van der Waals surface area contributed by atoms with Crippen LogP contribution in [-0.2, 0) is 11.3 Å². The summed E-state index contributed by atoms with van der Waals surface area (Å²) < 4.78 is 0. The Morgan fingerprint density at radius 2 is 1.69 bits per heavy atom. The zero-order chi connectivity index (χ0) is 21.1. The van der Waals surface area contributed by atoms with Crippen LogP contribution < -0.4 is 5.32 Å². The molecule has 2 aromatic rings. The summed E-state index contributed by atoms with van der Waals surface area (Å²) in [5, 5.41) is 19.8. The molecule has 1 saturated heterocycles. The van der Waals surface area contributed by atoms with E-state index in [9.17, 15) is 9.90 Å². The van der Waals surface area contributed by atoms with Crippen molar-refractivity contribution in [2.45, 2.75) is 32.7 Å². The molecule has 0 spiro atoms. The van der Waals surface area contributed by atoms with Gasteiger partial charge in [-0.2, -0.15) is 0 Å². The molecule has 1 amide bonds. The molecule has 156 valence electrons. The van der Waals surface area contributed by atoms with Crippen LogP contribution in [0.15, 0.2) is 54.6 Å². The molecule has 6 heteroatoms. The van der Waals surface area contributed by atoms with E-state index in [1.807, 2.05) is 0 Å². The molecule has 29 heavy (non-hydrogen) atoms. The van der Waals surface area contributed by atoms with E-state index in [1.54, 1.807) is 24.3 Å². The van der Waals surface area contributed by atoms with E-state index in [-0.39, 0.29) is 11.7 Å². The zero-order valence-corrected chi connectivity index (χ0v) is 16.9. The zero-order valence-electron chi connectivity index (χ0n) is 16.9. The van der Waals surface area contributed by atoms with Crippen LogP contribution in [0.3, 0.4) is 0 Å². The number of aliphatic carboxylic acids is 1. The third-order valence-corrected chi connectivity index (χ3v) is 4.87. The summed E-state index contributed by atoms with van der Waals surface area (Å²) in [5.41, 5.74) is 1.96. The van der Waals surface area contributed by atoms with E-state index in [4.69, 9.17) is 9.90 Å². The maximum Gasteiger partial charge on any atom is 0.300 e. The Labute approximate surface area is 172 Å². The maximum absolute atomic E-state index is 12.2. The highest BCUT2D eigenvalue weighted by molar-refractivity contribution is 5.94. The molecule has 6 nitrogen and oxygen atoms in total. The number of hydrogen-bond acceptors (Lipinski definition) is 4. The molecular formula is C23H30N2O4. The molecule has 1 aliphatic heterocycles. The minimum atomic E-state index is -0.833. The molecule has 2 aromatic carbocycles. The first kappa shape index (κ1) is 22.4. The Morgan fingerprint density at radius 3 is 2.34 bits per heavy atom. The fraction of sp³-hybridized carbons (Fsp3) is 0.391. The number of carbonyl (C=O) groups excluding carboxylic acids is 1. The number of phenolic OH excluding ortho intramolecular Hbond substituents is 1. The van der Waals surface area contributed by atoms with Crippen LogP contribution in [0, 0.1) is 5.92 Å². The van der Waals surface area contributed by atoms with Crippen molar-refractivity contribution in [2.24, 2.45) is 5.92 Å². The number of benzene rings is 2. The molecule has 1 heterocycles. The Hall–Kier alpha value is -2.86. The van der Waals surface area contributed by atoms with E-state index in [0.717, 1.165) is 45.9 Å². The standard InChI is InChI=1S/C21H26N2O2.C2H4O2/c24-20-10-8-19(9-11-20)21(25)22-15-17-7-4-13-23(14-12-17)16-18-5-2-1-3-6-18;1-2(3)4/h1-3,5-6,8-11,17,24H,4,7,12-16H2,(H,22,25);1H3,(H,3,4). The summed E-state index contributed by atoms with van der Waals surface area (Å²) in [6, 6.07) is 17.0. The van der Waals surface area contributed by atoms with E-state index >= 15 is 0 Å². The van der Waals surface area contributed by atoms with Crippen LogP contribution in [0.25, 0.3) is 0 Å². The summed E-state index contributed by atoms with van der Waals surface area (Å²) in [5.74, 6) is -0.189. The van der Waals surface area contributed by atoms with Gasteiger partial charge in [0.15, 0.2) is 0 Å². The number of carbonyl (C=O) groups is 2. The molecule has 1 unspecified atom stereocenters. The van der Waals surface area contributed by atoms with Gasteiger partial charge in [-0.15, -0.1) is 0 Å². The normalized spacial score (nSPS) is 16.8. The van der Waals surface area contributed by atoms with Crippen molar-refractivity contribution in [1.29, 1.82) is 0 Å². The molecule has 3 N–H and O–H groups in total. The molecule has 1 aliphatic rings. The smallest absolute Gasteiger partial charge is 0.300 e. The number of hydrogen-bond donors (Lipinski definition) is 3. The number of nitrogens with one attached hydrogen (secondary N) is 1. The van der Waals surface area contributed by atoms with Crippen LogP contribution in [0.5, 0.6) is 5.75 Å². The number of carboxylic acids is 1. The monoisotopic (exact) mass is 398 g/mol. The van der Waals surface area contributed by atoms with Crippen LogP contribution in [0.4, 0.5) is 0 Å². The van der Waals surface area contributed by atoms with Crippen molar-refractivity contribution in [3.8, 4) is 5.75 Å². The molecule has 0 radical (unpaired) electrons. The van der Waals surface area contributed by atoms with Crippen LogP contribution in [-0.4, -0.2) is 46.6 Å². The van der Waals surface area contributed by atoms with Gasteiger partial charge < -0.3 is 15.5 Å². The first-order chi connectivity index (χ1) is 13.9. The summed E-state index contributed by atoms with van der Waals surface area (Å²) in [4.78, 5) is 23.7. The summed E-state index contributed by atoms with van der Waals surface area (Å²) >= 11 is 0. The van der Waals surface area contributed by atoms with E-state index in [2.05, 4.69) is 40.5 Å². The third kappa shape index (κ3) is 8.79. The Balaban J connectivity index is 0.000000687. The van der Waals surface area contributed by atoms with Gasteiger partial charge in [-0.05, 0) is 68.1 Å². The number of likely N-dealkylation sites (tertiary alicyclic amines) is 1. The maximum atomic E-state index is 12.2. The SMILES string of the molecule is CC(=O)O.O=C(NCC1CCCN(Cc2ccccc2)CC1)c1ccc(O)cc1. The van der Waals surface area contributed by atoms with Gasteiger partial charge in [-0.1, -0.05) is 30.3 Å². The summed E-state index contributed by atoms with van der Waals surface area (Å²) in [7, 11) is 0. The second-order valence-corrected chi connectivity index (χ2v) is 7.33. The fourth-order valence-corrected chi connectivity index (χ4v) is 3.38. The van der Waals surface area contributed by atoms with Crippen LogP contribution >= 0.6 is 0 Å². The van der Waals surface area contributed by atoms with Gasteiger partial charge in [-0.3, -0.25) is 14.5 Å². The van der Waals surface area contributed by atoms with Gasteiger partial charge in [0, 0.05) is 25.6 Å². The minimum Gasteiger partial charge on any atom is -0.508 e.